The zero-order valence-corrected chi connectivity index (χ0v) is 11.6. The highest BCUT2D eigenvalue weighted by molar-refractivity contribution is 5.80. The van der Waals surface area contributed by atoms with E-state index in [1.54, 1.807) is 0 Å². The summed E-state index contributed by atoms with van der Waals surface area (Å²) in [5.74, 6) is 2.22. The third-order valence-electron chi connectivity index (χ3n) is 5.42. The summed E-state index contributed by atoms with van der Waals surface area (Å²) in [4.78, 5) is 14.9. The van der Waals surface area contributed by atoms with E-state index in [0.29, 0.717) is 18.0 Å². The third-order valence-corrected chi connectivity index (χ3v) is 5.42. The molecule has 4 rings (SSSR count). The molecule has 0 aromatic heterocycles. The van der Waals surface area contributed by atoms with Gasteiger partial charge in [0, 0.05) is 31.2 Å². The van der Waals surface area contributed by atoms with Gasteiger partial charge in [0.2, 0.25) is 5.91 Å². The Morgan fingerprint density at radius 1 is 1.00 bits per heavy atom. The Labute approximate surface area is 110 Å². The summed E-state index contributed by atoms with van der Waals surface area (Å²) >= 11 is 0. The highest BCUT2D eigenvalue weighted by atomic mass is 16.5. The molecule has 1 aliphatic carbocycles. The van der Waals surface area contributed by atoms with Crippen molar-refractivity contribution in [2.75, 3.05) is 13.2 Å². The topological polar surface area (TPSA) is 29.5 Å². The summed E-state index contributed by atoms with van der Waals surface area (Å²) < 4.78 is 5.36. The van der Waals surface area contributed by atoms with Gasteiger partial charge in [0.15, 0.2) is 0 Å². The molecule has 1 amide bonds. The standard InChI is InChI=1S/C15H25NO2/c1-10-7-13-9-14(8-11(10)2)16(13)15(17)12-3-5-18-6-4-12/h10-14H,3-9H2,1-2H3. The van der Waals surface area contributed by atoms with Crippen LogP contribution in [-0.4, -0.2) is 36.1 Å². The van der Waals surface area contributed by atoms with Crippen molar-refractivity contribution in [2.45, 2.75) is 58.0 Å². The van der Waals surface area contributed by atoms with E-state index in [2.05, 4.69) is 18.7 Å². The van der Waals surface area contributed by atoms with E-state index < -0.39 is 0 Å². The molecule has 0 aromatic carbocycles. The van der Waals surface area contributed by atoms with E-state index in [1.807, 2.05) is 0 Å². The van der Waals surface area contributed by atoms with E-state index in [-0.39, 0.29) is 5.92 Å². The second kappa shape index (κ2) is 4.84. The number of nitrogens with zero attached hydrogens (tertiary/aromatic N) is 1. The number of amides is 1. The zero-order valence-electron chi connectivity index (χ0n) is 11.6. The Morgan fingerprint density at radius 2 is 1.56 bits per heavy atom. The molecule has 4 aliphatic rings. The lowest BCUT2D eigenvalue weighted by molar-refractivity contribution is -0.152. The highest BCUT2D eigenvalue weighted by Gasteiger charge is 2.47. The van der Waals surface area contributed by atoms with Gasteiger partial charge in [-0.25, -0.2) is 0 Å². The number of hydrogen-bond acceptors (Lipinski definition) is 2. The second-order valence-electron chi connectivity index (χ2n) is 6.60. The van der Waals surface area contributed by atoms with E-state index in [9.17, 15) is 4.79 Å². The molecule has 4 fully saturated rings. The predicted molar refractivity (Wildman–Crippen MR) is 70.1 cm³/mol. The van der Waals surface area contributed by atoms with Gasteiger partial charge in [-0.05, 0) is 43.9 Å². The lowest BCUT2D eigenvalue weighted by atomic mass is 9.87. The fourth-order valence-corrected chi connectivity index (χ4v) is 3.96. The summed E-state index contributed by atoms with van der Waals surface area (Å²) in [7, 11) is 0. The summed E-state index contributed by atoms with van der Waals surface area (Å²) in [5, 5.41) is 0. The van der Waals surface area contributed by atoms with Crippen LogP contribution in [0.1, 0.15) is 46.0 Å². The van der Waals surface area contributed by atoms with E-state index in [1.165, 1.54) is 19.3 Å². The van der Waals surface area contributed by atoms with Gasteiger partial charge < -0.3 is 9.64 Å². The minimum absolute atomic E-state index is 0.243. The molecule has 3 nitrogen and oxygen atoms in total. The molecule has 102 valence electrons. The van der Waals surface area contributed by atoms with Crippen LogP contribution in [0.3, 0.4) is 0 Å². The fourth-order valence-electron chi connectivity index (χ4n) is 3.96. The first-order valence-electron chi connectivity index (χ1n) is 7.56. The van der Waals surface area contributed by atoms with Gasteiger partial charge in [0.1, 0.15) is 0 Å². The maximum atomic E-state index is 12.6. The monoisotopic (exact) mass is 251 g/mol. The Morgan fingerprint density at radius 3 is 2.11 bits per heavy atom. The van der Waals surface area contributed by atoms with Gasteiger partial charge in [-0.1, -0.05) is 13.8 Å². The lowest BCUT2D eigenvalue weighted by Crippen LogP contribution is -2.59. The van der Waals surface area contributed by atoms with Gasteiger partial charge in [0.05, 0.1) is 0 Å². The van der Waals surface area contributed by atoms with Crippen LogP contribution in [-0.2, 0) is 9.53 Å². The maximum Gasteiger partial charge on any atom is 0.226 e. The van der Waals surface area contributed by atoms with E-state index >= 15 is 0 Å². The van der Waals surface area contributed by atoms with Crippen molar-refractivity contribution in [2.24, 2.45) is 17.8 Å². The van der Waals surface area contributed by atoms with Crippen LogP contribution in [0.25, 0.3) is 0 Å². The van der Waals surface area contributed by atoms with E-state index in [4.69, 9.17) is 4.74 Å². The number of ether oxygens (including phenoxy) is 1. The average molecular weight is 251 g/mol. The van der Waals surface area contributed by atoms with Gasteiger partial charge in [-0.3, -0.25) is 4.79 Å². The molecule has 3 aliphatic heterocycles. The van der Waals surface area contributed by atoms with Crippen LogP contribution in [0.5, 0.6) is 0 Å². The van der Waals surface area contributed by atoms with Crippen molar-refractivity contribution < 1.29 is 9.53 Å². The third kappa shape index (κ3) is 2.07. The van der Waals surface area contributed by atoms with Gasteiger partial charge >= 0.3 is 0 Å². The van der Waals surface area contributed by atoms with Gasteiger partial charge in [0.25, 0.3) is 0 Å². The summed E-state index contributed by atoms with van der Waals surface area (Å²) in [5.41, 5.74) is 0. The Bertz CT molecular complexity index is 308. The quantitative estimate of drug-likeness (QED) is 0.716. The number of hydrogen-bond donors (Lipinski definition) is 0. The molecular weight excluding hydrogens is 226 g/mol. The van der Waals surface area contributed by atoms with Gasteiger partial charge in [-0.2, -0.15) is 0 Å². The fraction of sp³-hybridized carbons (Fsp3) is 0.933. The van der Waals surface area contributed by atoms with Crippen molar-refractivity contribution >= 4 is 5.91 Å². The largest absolute Gasteiger partial charge is 0.381 e. The van der Waals surface area contributed by atoms with Crippen LogP contribution in [0.2, 0.25) is 0 Å². The van der Waals surface area contributed by atoms with Gasteiger partial charge in [-0.15, -0.1) is 0 Å². The molecule has 3 saturated heterocycles. The van der Waals surface area contributed by atoms with Crippen molar-refractivity contribution in [3.63, 3.8) is 0 Å². The molecule has 0 N–H and O–H groups in total. The van der Waals surface area contributed by atoms with Crippen molar-refractivity contribution in [3.8, 4) is 0 Å². The summed E-state index contributed by atoms with van der Waals surface area (Å²) in [6.45, 7) is 6.24. The van der Waals surface area contributed by atoms with Crippen LogP contribution < -0.4 is 0 Å². The first-order valence-corrected chi connectivity index (χ1v) is 7.56. The number of carbonyl (C=O) groups excluding carboxylic acids is 1. The Balaban J connectivity index is 1.67. The van der Waals surface area contributed by atoms with Crippen LogP contribution in [0.15, 0.2) is 0 Å². The molecule has 0 radical (unpaired) electrons. The average Bonchev–Trinajstić information content (AvgIpc) is 2.58. The van der Waals surface area contributed by atoms with Crippen molar-refractivity contribution in [1.82, 2.24) is 4.90 Å². The normalized spacial score (nSPS) is 41.1. The molecule has 3 heterocycles. The smallest absolute Gasteiger partial charge is 0.226 e. The van der Waals surface area contributed by atoms with Crippen molar-refractivity contribution in [3.05, 3.63) is 0 Å². The number of carbonyl (C=O) groups is 1. The van der Waals surface area contributed by atoms with Crippen LogP contribution >= 0.6 is 0 Å². The molecule has 4 unspecified atom stereocenters. The molecule has 3 heteroatoms. The maximum absolute atomic E-state index is 12.6. The minimum atomic E-state index is 0.243. The molecular formula is C15H25NO2. The molecule has 4 atom stereocenters. The van der Waals surface area contributed by atoms with Crippen LogP contribution in [0, 0.1) is 17.8 Å². The lowest BCUT2D eigenvalue weighted by Gasteiger charge is -2.49. The van der Waals surface area contributed by atoms with E-state index in [0.717, 1.165) is 37.9 Å². The minimum Gasteiger partial charge on any atom is -0.381 e. The molecule has 1 saturated carbocycles. The molecule has 0 aromatic rings. The zero-order chi connectivity index (χ0) is 12.7. The second-order valence-corrected chi connectivity index (χ2v) is 6.60. The van der Waals surface area contributed by atoms with Crippen molar-refractivity contribution in [1.29, 1.82) is 0 Å². The summed E-state index contributed by atoms with van der Waals surface area (Å²) in [6.07, 6.45) is 5.54. The number of fused-ring (bicyclic) bond motifs is 3. The first-order chi connectivity index (χ1) is 8.66. The predicted octanol–water partition coefficient (Wildman–Crippen LogP) is 2.45. The SMILES string of the molecule is CC1CC2CC(CC1C)N2C(=O)C1CCOCC1. The summed E-state index contributed by atoms with van der Waals surface area (Å²) in [6, 6.07) is 1.09. The van der Waals surface area contributed by atoms with Crippen LogP contribution in [0.4, 0.5) is 0 Å². The Hall–Kier alpha value is -0.570. The Kier molecular flexibility index (Phi) is 3.35. The molecule has 2 bridgehead atoms. The highest BCUT2D eigenvalue weighted by Crippen LogP contribution is 2.42. The molecule has 0 spiro atoms. The first kappa shape index (κ1) is 12.5. The molecule has 18 heavy (non-hydrogen) atoms. The number of rotatable bonds is 1.